The number of anilines is 1. The minimum absolute atomic E-state index is 0.309. The Kier molecular flexibility index (Phi) is 5.62. The number of piperazine rings is 1. The maximum atomic E-state index is 11.6. The second-order valence-corrected chi connectivity index (χ2v) is 7.35. The van der Waals surface area contributed by atoms with Crippen molar-refractivity contribution in [1.82, 2.24) is 10.1 Å². The van der Waals surface area contributed by atoms with Gasteiger partial charge in [-0.1, -0.05) is 35.5 Å². The number of carbonyl (C=O) groups excluding carboxylic acids is 1. The molecule has 0 saturated carbocycles. The van der Waals surface area contributed by atoms with Gasteiger partial charge in [0.05, 0.1) is 19.2 Å². The second kappa shape index (κ2) is 8.49. The lowest BCUT2D eigenvalue weighted by Gasteiger charge is -2.40. The van der Waals surface area contributed by atoms with Crippen molar-refractivity contribution in [3.8, 4) is 11.3 Å². The topological polar surface area (TPSA) is 58.8 Å². The van der Waals surface area contributed by atoms with E-state index in [9.17, 15) is 4.79 Å². The van der Waals surface area contributed by atoms with Gasteiger partial charge in [-0.25, -0.2) is 4.79 Å². The molecule has 0 amide bonds. The molecule has 29 heavy (non-hydrogen) atoms. The third-order valence-electron chi connectivity index (χ3n) is 5.41. The van der Waals surface area contributed by atoms with Crippen LogP contribution in [0.2, 0.25) is 0 Å². The van der Waals surface area contributed by atoms with Gasteiger partial charge in [0.25, 0.3) is 0 Å². The standard InChI is InChI=1S/C23H25N3O3/c1-17-15-26(20-10-8-19(9-11-20)23(27)28-2)13-12-25(17)16-21-14-22(24-29-21)18-6-4-3-5-7-18/h3-11,14,17H,12-13,15-16H2,1-2H3. The van der Waals surface area contributed by atoms with Crippen LogP contribution < -0.4 is 4.90 Å². The van der Waals surface area contributed by atoms with Crippen molar-refractivity contribution in [1.29, 1.82) is 0 Å². The summed E-state index contributed by atoms with van der Waals surface area (Å²) in [6, 6.07) is 20.1. The summed E-state index contributed by atoms with van der Waals surface area (Å²) in [5.74, 6) is 0.572. The monoisotopic (exact) mass is 391 g/mol. The fourth-order valence-corrected chi connectivity index (χ4v) is 3.72. The lowest BCUT2D eigenvalue weighted by atomic mass is 10.1. The summed E-state index contributed by atoms with van der Waals surface area (Å²) in [7, 11) is 1.40. The van der Waals surface area contributed by atoms with Gasteiger partial charge in [-0.15, -0.1) is 0 Å². The predicted molar refractivity (Wildman–Crippen MR) is 112 cm³/mol. The summed E-state index contributed by atoms with van der Waals surface area (Å²) in [6.07, 6.45) is 0. The van der Waals surface area contributed by atoms with Crippen LogP contribution >= 0.6 is 0 Å². The van der Waals surface area contributed by atoms with Crippen LogP contribution in [0, 0.1) is 0 Å². The molecule has 2 heterocycles. The van der Waals surface area contributed by atoms with Gasteiger partial charge >= 0.3 is 5.97 Å². The maximum absolute atomic E-state index is 11.6. The van der Waals surface area contributed by atoms with E-state index in [-0.39, 0.29) is 5.97 Å². The van der Waals surface area contributed by atoms with Crippen molar-refractivity contribution in [3.05, 3.63) is 72.0 Å². The average molecular weight is 391 g/mol. The highest BCUT2D eigenvalue weighted by atomic mass is 16.5. The molecular formula is C23H25N3O3. The Morgan fingerprint density at radius 2 is 1.90 bits per heavy atom. The van der Waals surface area contributed by atoms with Crippen LogP contribution in [0.5, 0.6) is 0 Å². The van der Waals surface area contributed by atoms with E-state index in [0.717, 1.165) is 48.9 Å². The smallest absolute Gasteiger partial charge is 0.337 e. The number of carbonyl (C=O) groups is 1. The van der Waals surface area contributed by atoms with Crippen LogP contribution in [0.3, 0.4) is 0 Å². The molecule has 3 aromatic rings. The molecule has 1 saturated heterocycles. The number of hydrogen-bond acceptors (Lipinski definition) is 6. The second-order valence-electron chi connectivity index (χ2n) is 7.35. The highest BCUT2D eigenvalue weighted by Crippen LogP contribution is 2.23. The Morgan fingerprint density at radius 1 is 1.14 bits per heavy atom. The van der Waals surface area contributed by atoms with Gasteiger partial charge in [0.15, 0.2) is 5.76 Å². The number of aromatic nitrogens is 1. The van der Waals surface area contributed by atoms with E-state index < -0.39 is 0 Å². The lowest BCUT2D eigenvalue weighted by Crippen LogP contribution is -2.51. The van der Waals surface area contributed by atoms with Crippen LogP contribution in [-0.4, -0.2) is 48.8 Å². The average Bonchev–Trinajstić information content (AvgIpc) is 3.24. The molecular weight excluding hydrogens is 366 g/mol. The van der Waals surface area contributed by atoms with E-state index >= 15 is 0 Å². The molecule has 1 aliphatic rings. The van der Waals surface area contributed by atoms with Crippen molar-refractivity contribution in [3.63, 3.8) is 0 Å². The molecule has 1 fully saturated rings. The first-order chi connectivity index (χ1) is 14.1. The van der Waals surface area contributed by atoms with Crippen molar-refractivity contribution in [2.75, 3.05) is 31.6 Å². The van der Waals surface area contributed by atoms with E-state index in [1.807, 2.05) is 60.7 Å². The summed E-state index contributed by atoms with van der Waals surface area (Å²) >= 11 is 0. The molecule has 150 valence electrons. The molecule has 0 bridgehead atoms. The summed E-state index contributed by atoms with van der Waals surface area (Å²) < 4.78 is 10.3. The zero-order valence-corrected chi connectivity index (χ0v) is 16.7. The van der Waals surface area contributed by atoms with E-state index in [2.05, 4.69) is 21.9 Å². The number of rotatable bonds is 5. The maximum Gasteiger partial charge on any atom is 0.337 e. The molecule has 1 aromatic heterocycles. The minimum Gasteiger partial charge on any atom is -0.465 e. The summed E-state index contributed by atoms with van der Waals surface area (Å²) in [5, 5.41) is 4.22. The minimum atomic E-state index is -0.309. The van der Waals surface area contributed by atoms with Gasteiger partial charge in [0.2, 0.25) is 0 Å². The summed E-state index contributed by atoms with van der Waals surface area (Å²) in [6.45, 7) is 5.74. The number of ether oxygens (including phenoxy) is 1. The molecule has 0 aliphatic carbocycles. The van der Waals surface area contributed by atoms with E-state index in [0.29, 0.717) is 11.6 Å². The third-order valence-corrected chi connectivity index (χ3v) is 5.41. The highest BCUT2D eigenvalue weighted by molar-refractivity contribution is 5.89. The van der Waals surface area contributed by atoms with Crippen molar-refractivity contribution < 1.29 is 14.1 Å². The fourth-order valence-electron chi connectivity index (χ4n) is 3.72. The largest absolute Gasteiger partial charge is 0.465 e. The first kappa shape index (κ1) is 19.2. The van der Waals surface area contributed by atoms with Crippen LogP contribution in [0.25, 0.3) is 11.3 Å². The quantitative estimate of drug-likeness (QED) is 0.616. The van der Waals surface area contributed by atoms with Crippen LogP contribution in [0.4, 0.5) is 5.69 Å². The van der Waals surface area contributed by atoms with E-state index in [4.69, 9.17) is 9.26 Å². The predicted octanol–water partition coefficient (Wildman–Crippen LogP) is 3.84. The number of nitrogens with zero attached hydrogens (tertiary/aromatic N) is 3. The molecule has 1 unspecified atom stereocenters. The van der Waals surface area contributed by atoms with Crippen molar-refractivity contribution >= 4 is 11.7 Å². The Hall–Kier alpha value is -3.12. The third kappa shape index (κ3) is 4.32. The normalized spacial score (nSPS) is 17.3. The van der Waals surface area contributed by atoms with Gasteiger partial charge in [0, 0.05) is 43.0 Å². The van der Waals surface area contributed by atoms with E-state index in [1.165, 1.54) is 7.11 Å². The first-order valence-corrected chi connectivity index (χ1v) is 9.82. The molecule has 6 nitrogen and oxygen atoms in total. The molecule has 6 heteroatoms. The molecule has 1 atom stereocenters. The van der Waals surface area contributed by atoms with Crippen LogP contribution in [0.1, 0.15) is 23.0 Å². The molecule has 4 rings (SSSR count). The van der Waals surface area contributed by atoms with Crippen molar-refractivity contribution in [2.45, 2.75) is 19.5 Å². The van der Waals surface area contributed by atoms with Gasteiger partial charge < -0.3 is 14.2 Å². The van der Waals surface area contributed by atoms with Crippen molar-refractivity contribution in [2.24, 2.45) is 0 Å². The zero-order chi connectivity index (χ0) is 20.2. The van der Waals surface area contributed by atoms with Gasteiger partial charge in [0.1, 0.15) is 5.69 Å². The Bertz CT molecular complexity index is 953. The Balaban J connectivity index is 1.37. The number of hydrogen-bond donors (Lipinski definition) is 0. The summed E-state index contributed by atoms with van der Waals surface area (Å²) in [5.41, 5.74) is 3.63. The Labute approximate surface area is 170 Å². The summed E-state index contributed by atoms with van der Waals surface area (Å²) in [4.78, 5) is 16.4. The van der Waals surface area contributed by atoms with Gasteiger partial charge in [-0.2, -0.15) is 0 Å². The molecule has 2 aromatic carbocycles. The SMILES string of the molecule is COC(=O)c1ccc(N2CCN(Cc3cc(-c4ccccc4)no3)C(C)C2)cc1. The fraction of sp³-hybridized carbons (Fsp3) is 0.304. The van der Waals surface area contributed by atoms with Crippen LogP contribution in [-0.2, 0) is 11.3 Å². The zero-order valence-electron chi connectivity index (χ0n) is 16.7. The number of esters is 1. The number of methoxy groups -OCH3 is 1. The first-order valence-electron chi connectivity index (χ1n) is 9.82. The van der Waals surface area contributed by atoms with Crippen LogP contribution in [0.15, 0.2) is 65.2 Å². The highest BCUT2D eigenvalue weighted by Gasteiger charge is 2.25. The molecule has 0 spiro atoms. The van der Waals surface area contributed by atoms with E-state index in [1.54, 1.807) is 0 Å². The molecule has 0 radical (unpaired) electrons. The Morgan fingerprint density at radius 3 is 2.59 bits per heavy atom. The molecule has 0 N–H and O–H groups in total. The van der Waals surface area contributed by atoms with Gasteiger partial charge in [-0.05, 0) is 31.2 Å². The lowest BCUT2D eigenvalue weighted by molar-refractivity contribution is 0.0600. The molecule has 1 aliphatic heterocycles. The van der Waals surface area contributed by atoms with Gasteiger partial charge in [-0.3, -0.25) is 4.90 Å². The number of benzene rings is 2.